The number of aromatic nitrogens is 3. The van der Waals surface area contributed by atoms with Crippen LogP contribution >= 0.6 is 0 Å². The van der Waals surface area contributed by atoms with Crippen LogP contribution in [0.2, 0.25) is 0 Å². The molecular weight excluding hydrogens is 392 g/mol. The third kappa shape index (κ3) is 4.17. The maximum Gasteiger partial charge on any atom is 0.339 e. The van der Waals surface area contributed by atoms with Gasteiger partial charge in [0, 0.05) is 23.2 Å². The first-order valence-corrected chi connectivity index (χ1v) is 10.8. The summed E-state index contributed by atoms with van der Waals surface area (Å²) in [6.07, 6.45) is 3.35. The van der Waals surface area contributed by atoms with Crippen LogP contribution in [0.25, 0.3) is 10.9 Å². The quantitative estimate of drug-likeness (QED) is 0.621. The topological polar surface area (TPSA) is 86.1 Å². The van der Waals surface area contributed by atoms with E-state index in [0.29, 0.717) is 17.3 Å². The molecule has 0 fully saturated rings. The standard InChI is InChI=1S/C24H28N4O3/c1-14(2)28-21(11-12-25-28)27-23(29)16(4)31-24(30)22-17-7-5-6-8-19(17)26-20-10-9-15(3)13-18(20)22/h5-8,11-12,14-16H,9-10,13H2,1-4H3,(H,27,29)/t15-,16+/m0/s1. The summed E-state index contributed by atoms with van der Waals surface area (Å²) >= 11 is 0. The van der Waals surface area contributed by atoms with Gasteiger partial charge in [-0.3, -0.25) is 9.78 Å². The van der Waals surface area contributed by atoms with E-state index in [0.717, 1.165) is 41.4 Å². The molecule has 1 aliphatic rings. The highest BCUT2D eigenvalue weighted by Gasteiger charge is 2.28. The molecule has 7 nitrogen and oxygen atoms in total. The van der Waals surface area contributed by atoms with E-state index in [1.54, 1.807) is 23.9 Å². The Morgan fingerprint density at radius 1 is 1.19 bits per heavy atom. The zero-order valence-corrected chi connectivity index (χ0v) is 18.4. The lowest BCUT2D eigenvalue weighted by atomic mass is 9.84. The number of hydrogen-bond acceptors (Lipinski definition) is 5. The number of rotatable bonds is 5. The zero-order valence-electron chi connectivity index (χ0n) is 18.4. The molecule has 4 rings (SSSR count). The average Bonchev–Trinajstić information content (AvgIpc) is 3.20. The number of nitrogens with one attached hydrogen (secondary N) is 1. The molecule has 1 N–H and O–H groups in total. The number of fused-ring (bicyclic) bond motifs is 2. The highest BCUT2D eigenvalue weighted by molar-refractivity contribution is 6.06. The molecule has 0 saturated carbocycles. The molecule has 1 amide bonds. The Bertz CT molecular complexity index is 1140. The van der Waals surface area contributed by atoms with Crippen molar-refractivity contribution in [3.63, 3.8) is 0 Å². The van der Waals surface area contributed by atoms with Crippen LogP contribution in [0.5, 0.6) is 0 Å². The molecule has 2 atom stereocenters. The van der Waals surface area contributed by atoms with Crippen molar-refractivity contribution < 1.29 is 14.3 Å². The van der Waals surface area contributed by atoms with Gasteiger partial charge in [0.15, 0.2) is 6.10 Å². The van der Waals surface area contributed by atoms with Gasteiger partial charge in [-0.2, -0.15) is 5.10 Å². The van der Waals surface area contributed by atoms with Crippen LogP contribution in [-0.4, -0.2) is 32.7 Å². The Hall–Kier alpha value is -3.22. The summed E-state index contributed by atoms with van der Waals surface area (Å²) in [6.45, 7) is 7.72. The summed E-state index contributed by atoms with van der Waals surface area (Å²) in [5.41, 5.74) is 3.23. The number of anilines is 1. The molecule has 2 heterocycles. The second-order valence-corrected chi connectivity index (χ2v) is 8.57. The predicted octanol–water partition coefficient (Wildman–Crippen LogP) is 4.32. The lowest BCUT2D eigenvalue weighted by molar-refractivity contribution is -0.123. The molecular formula is C24H28N4O3. The smallest absolute Gasteiger partial charge is 0.339 e. The third-order valence-corrected chi connectivity index (χ3v) is 5.77. The van der Waals surface area contributed by atoms with Gasteiger partial charge in [0.1, 0.15) is 5.82 Å². The summed E-state index contributed by atoms with van der Waals surface area (Å²) in [7, 11) is 0. The average molecular weight is 421 g/mol. The van der Waals surface area contributed by atoms with Crippen molar-refractivity contribution in [2.45, 2.75) is 59.1 Å². The van der Waals surface area contributed by atoms with Gasteiger partial charge in [0.05, 0.1) is 17.3 Å². The molecule has 2 aromatic heterocycles. The minimum absolute atomic E-state index is 0.0971. The number of nitrogens with zero attached hydrogens (tertiary/aromatic N) is 3. The van der Waals surface area contributed by atoms with Gasteiger partial charge in [-0.1, -0.05) is 25.1 Å². The van der Waals surface area contributed by atoms with Gasteiger partial charge in [0.25, 0.3) is 5.91 Å². The van der Waals surface area contributed by atoms with Gasteiger partial charge in [-0.15, -0.1) is 0 Å². The first-order chi connectivity index (χ1) is 14.8. The maximum atomic E-state index is 13.3. The second-order valence-electron chi connectivity index (χ2n) is 8.57. The summed E-state index contributed by atoms with van der Waals surface area (Å²) in [5.74, 6) is 0.169. The Morgan fingerprint density at radius 2 is 1.97 bits per heavy atom. The van der Waals surface area contributed by atoms with Crippen molar-refractivity contribution >= 4 is 28.6 Å². The minimum Gasteiger partial charge on any atom is -0.449 e. The minimum atomic E-state index is -0.952. The second kappa shape index (κ2) is 8.49. The number of pyridine rings is 1. The van der Waals surface area contributed by atoms with E-state index < -0.39 is 18.0 Å². The van der Waals surface area contributed by atoms with Gasteiger partial charge in [0.2, 0.25) is 0 Å². The predicted molar refractivity (Wildman–Crippen MR) is 119 cm³/mol. The van der Waals surface area contributed by atoms with Gasteiger partial charge in [-0.25, -0.2) is 9.48 Å². The van der Waals surface area contributed by atoms with Crippen molar-refractivity contribution in [3.05, 3.63) is 53.3 Å². The first kappa shape index (κ1) is 21.0. The fourth-order valence-electron chi connectivity index (χ4n) is 4.12. The molecule has 1 aromatic carbocycles. The van der Waals surface area contributed by atoms with Crippen molar-refractivity contribution in [3.8, 4) is 0 Å². The van der Waals surface area contributed by atoms with Gasteiger partial charge in [-0.05, 0) is 57.6 Å². The van der Waals surface area contributed by atoms with Crippen LogP contribution < -0.4 is 5.32 Å². The normalized spacial score (nSPS) is 16.7. The number of esters is 1. The van der Waals surface area contributed by atoms with Crippen LogP contribution in [0.1, 0.15) is 61.8 Å². The zero-order chi connectivity index (χ0) is 22.1. The highest BCUT2D eigenvalue weighted by Crippen LogP contribution is 2.32. The lowest BCUT2D eigenvalue weighted by Crippen LogP contribution is -2.31. The number of carbonyl (C=O) groups is 2. The molecule has 1 aliphatic carbocycles. The number of ether oxygens (including phenoxy) is 1. The van der Waals surface area contributed by atoms with E-state index in [4.69, 9.17) is 9.72 Å². The van der Waals surface area contributed by atoms with Crippen LogP contribution in [0, 0.1) is 5.92 Å². The van der Waals surface area contributed by atoms with Crippen LogP contribution in [0.3, 0.4) is 0 Å². The van der Waals surface area contributed by atoms with E-state index in [2.05, 4.69) is 17.3 Å². The number of amides is 1. The molecule has 3 aromatic rings. The van der Waals surface area contributed by atoms with Gasteiger partial charge >= 0.3 is 5.97 Å². The van der Waals surface area contributed by atoms with E-state index in [1.165, 1.54) is 0 Å². The van der Waals surface area contributed by atoms with Gasteiger partial charge < -0.3 is 10.1 Å². The van der Waals surface area contributed by atoms with E-state index in [9.17, 15) is 9.59 Å². The first-order valence-electron chi connectivity index (χ1n) is 10.8. The Morgan fingerprint density at radius 3 is 2.74 bits per heavy atom. The van der Waals surface area contributed by atoms with Crippen molar-refractivity contribution in [2.75, 3.05) is 5.32 Å². The monoisotopic (exact) mass is 420 g/mol. The summed E-state index contributed by atoms with van der Waals surface area (Å²) in [6, 6.07) is 9.43. The maximum absolute atomic E-state index is 13.3. The number of carbonyl (C=O) groups excluding carboxylic acids is 2. The SMILES string of the molecule is CC(C)n1nccc1NC(=O)[C@@H](C)OC(=O)c1c2c(nc3ccccc13)CC[C@H](C)C2. The molecule has 0 aliphatic heterocycles. The summed E-state index contributed by atoms with van der Waals surface area (Å²) in [5, 5.41) is 7.79. The summed E-state index contributed by atoms with van der Waals surface area (Å²) < 4.78 is 7.36. The van der Waals surface area contributed by atoms with E-state index in [-0.39, 0.29) is 6.04 Å². The third-order valence-electron chi connectivity index (χ3n) is 5.77. The summed E-state index contributed by atoms with van der Waals surface area (Å²) in [4.78, 5) is 30.8. The molecule has 31 heavy (non-hydrogen) atoms. The number of hydrogen-bond donors (Lipinski definition) is 1. The van der Waals surface area contributed by atoms with E-state index in [1.807, 2.05) is 38.1 Å². The fourth-order valence-corrected chi connectivity index (χ4v) is 4.12. The fraction of sp³-hybridized carbons (Fsp3) is 0.417. The van der Waals surface area contributed by atoms with Crippen molar-refractivity contribution in [1.29, 1.82) is 0 Å². The molecule has 0 unspecified atom stereocenters. The van der Waals surface area contributed by atoms with E-state index >= 15 is 0 Å². The van der Waals surface area contributed by atoms with Crippen LogP contribution in [0.15, 0.2) is 36.5 Å². The number of benzene rings is 1. The molecule has 0 saturated heterocycles. The van der Waals surface area contributed by atoms with Crippen molar-refractivity contribution in [1.82, 2.24) is 14.8 Å². The Kier molecular flexibility index (Phi) is 5.76. The van der Waals surface area contributed by atoms with Crippen LogP contribution in [-0.2, 0) is 22.4 Å². The lowest BCUT2D eigenvalue weighted by Gasteiger charge is -2.24. The van der Waals surface area contributed by atoms with Crippen LogP contribution in [0.4, 0.5) is 5.82 Å². The number of aryl methyl sites for hydroxylation is 1. The number of para-hydroxylation sites is 1. The molecule has 0 spiro atoms. The molecule has 0 bridgehead atoms. The highest BCUT2D eigenvalue weighted by atomic mass is 16.5. The Balaban J connectivity index is 1.60. The molecule has 162 valence electrons. The van der Waals surface area contributed by atoms with Crippen molar-refractivity contribution in [2.24, 2.45) is 5.92 Å². The Labute approximate surface area is 181 Å². The largest absolute Gasteiger partial charge is 0.449 e. The molecule has 7 heteroatoms. The molecule has 0 radical (unpaired) electrons.